The first-order valence-electron chi connectivity index (χ1n) is 10.4. The van der Waals surface area contributed by atoms with Crippen LogP contribution in [-0.2, 0) is 9.59 Å². The van der Waals surface area contributed by atoms with Gasteiger partial charge in [0.05, 0.1) is 17.9 Å². The number of carbonyl (C=O) groups is 2. The van der Waals surface area contributed by atoms with E-state index < -0.39 is 0 Å². The summed E-state index contributed by atoms with van der Waals surface area (Å²) in [6.45, 7) is 6.19. The minimum absolute atomic E-state index is 0.275. The minimum Gasteiger partial charge on any atom is -0.494 e. The number of nitrogens with zero attached hydrogens (tertiary/aromatic N) is 2. The Labute approximate surface area is 181 Å². The second-order valence-corrected chi connectivity index (χ2v) is 8.23. The molecule has 6 heteroatoms. The number of ether oxygens (including phenoxy) is 1. The molecule has 0 spiro atoms. The molecular formula is C24H25ClN2O3. The summed E-state index contributed by atoms with van der Waals surface area (Å²) in [6.07, 6.45) is 2.13. The standard InChI is InChI=1S/C24H25ClN2O3/c1-3-30-20-12-10-19(11-13-20)27-23(28)21(17-6-8-18(25)9-7-17)22(24(27)29)26-14-4-5-16(2)15-26/h6-13,16H,3-5,14-15H2,1-2H3. The van der Waals surface area contributed by atoms with Crippen LogP contribution in [0.1, 0.15) is 32.3 Å². The number of hydrogen-bond donors (Lipinski definition) is 0. The molecular weight excluding hydrogens is 400 g/mol. The van der Waals surface area contributed by atoms with E-state index in [1.54, 1.807) is 48.5 Å². The van der Waals surface area contributed by atoms with Crippen molar-refractivity contribution >= 4 is 34.7 Å². The molecule has 1 atom stereocenters. The lowest BCUT2D eigenvalue weighted by Gasteiger charge is -2.33. The van der Waals surface area contributed by atoms with E-state index in [0.717, 1.165) is 25.9 Å². The Bertz CT molecular complexity index is 983. The first kappa shape index (κ1) is 20.5. The maximum Gasteiger partial charge on any atom is 0.282 e. The fraction of sp³-hybridized carbons (Fsp3) is 0.333. The second-order valence-electron chi connectivity index (χ2n) is 7.80. The van der Waals surface area contributed by atoms with Crippen LogP contribution in [0, 0.1) is 5.92 Å². The van der Waals surface area contributed by atoms with Crippen LogP contribution in [0.15, 0.2) is 54.2 Å². The number of hydrogen-bond acceptors (Lipinski definition) is 4. The minimum atomic E-state index is -0.306. The third kappa shape index (κ3) is 3.82. The summed E-state index contributed by atoms with van der Waals surface area (Å²) in [5.74, 6) is 0.597. The highest BCUT2D eigenvalue weighted by Gasteiger charge is 2.43. The van der Waals surface area contributed by atoms with Crippen LogP contribution in [0.2, 0.25) is 5.02 Å². The Morgan fingerprint density at radius 2 is 1.73 bits per heavy atom. The molecule has 2 aromatic carbocycles. The molecule has 2 heterocycles. The van der Waals surface area contributed by atoms with Gasteiger partial charge in [-0.3, -0.25) is 9.59 Å². The van der Waals surface area contributed by atoms with Gasteiger partial charge in [-0.2, -0.15) is 0 Å². The summed E-state index contributed by atoms with van der Waals surface area (Å²) in [4.78, 5) is 30.4. The van der Waals surface area contributed by atoms with Crippen molar-refractivity contribution in [3.63, 3.8) is 0 Å². The smallest absolute Gasteiger partial charge is 0.282 e. The highest BCUT2D eigenvalue weighted by molar-refractivity contribution is 6.45. The maximum absolute atomic E-state index is 13.5. The van der Waals surface area contributed by atoms with Gasteiger partial charge in [0.25, 0.3) is 11.8 Å². The first-order valence-corrected chi connectivity index (χ1v) is 10.7. The topological polar surface area (TPSA) is 49.9 Å². The largest absolute Gasteiger partial charge is 0.494 e. The quantitative estimate of drug-likeness (QED) is 0.649. The molecule has 0 saturated carbocycles. The van der Waals surface area contributed by atoms with Gasteiger partial charge in [0, 0.05) is 18.1 Å². The summed E-state index contributed by atoms with van der Waals surface area (Å²) in [5, 5.41) is 0.590. The number of anilines is 1. The molecule has 1 fully saturated rings. The Kier molecular flexibility index (Phi) is 5.82. The predicted molar refractivity (Wildman–Crippen MR) is 118 cm³/mol. The Morgan fingerprint density at radius 3 is 2.37 bits per heavy atom. The predicted octanol–water partition coefficient (Wildman–Crippen LogP) is 4.76. The zero-order chi connectivity index (χ0) is 21.3. The Hall–Kier alpha value is -2.79. The summed E-state index contributed by atoms with van der Waals surface area (Å²) in [6, 6.07) is 14.2. The Balaban J connectivity index is 1.76. The van der Waals surface area contributed by atoms with Crippen LogP contribution < -0.4 is 9.64 Å². The number of piperidine rings is 1. The first-order chi connectivity index (χ1) is 14.5. The van der Waals surface area contributed by atoms with Gasteiger partial charge in [-0.05, 0) is 67.6 Å². The van der Waals surface area contributed by atoms with E-state index in [2.05, 4.69) is 11.8 Å². The number of benzene rings is 2. The molecule has 2 aromatic rings. The van der Waals surface area contributed by atoms with Crippen LogP contribution in [-0.4, -0.2) is 36.4 Å². The van der Waals surface area contributed by atoms with Crippen LogP contribution in [0.3, 0.4) is 0 Å². The third-order valence-corrected chi connectivity index (χ3v) is 5.82. The molecule has 0 radical (unpaired) electrons. The van der Waals surface area contributed by atoms with Gasteiger partial charge < -0.3 is 9.64 Å². The summed E-state index contributed by atoms with van der Waals surface area (Å²) in [7, 11) is 0. The zero-order valence-electron chi connectivity index (χ0n) is 17.2. The molecule has 4 rings (SSSR count). The van der Waals surface area contributed by atoms with Crippen molar-refractivity contribution in [3.8, 4) is 5.75 Å². The molecule has 156 valence electrons. The molecule has 2 aliphatic rings. The lowest BCUT2D eigenvalue weighted by molar-refractivity contribution is -0.120. The van der Waals surface area contributed by atoms with Crippen LogP contribution >= 0.6 is 11.6 Å². The van der Waals surface area contributed by atoms with E-state index >= 15 is 0 Å². The van der Waals surface area contributed by atoms with Crippen molar-refractivity contribution < 1.29 is 14.3 Å². The third-order valence-electron chi connectivity index (χ3n) is 5.57. The summed E-state index contributed by atoms with van der Waals surface area (Å²) >= 11 is 6.05. The fourth-order valence-corrected chi connectivity index (χ4v) is 4.30. The van der Waals surface area contributed by atoms with Gasteiger partial charge >= 0.3 is 0 Å². The maximum atomic E-state index is 13.5. The van der Waals surface area contributed by atoms with Crippen molar-refractivity contribution in [3.05, 3.63) is 64.8 Å². The Morgan fingerprint density at radius 1 is 1.03 bits per heavy atom. The monoisotopic (exact) mass is 424 g/mol. The van der Waals surface area contributed by atoms with Gasteiger partial charge in [-0.25, -0.2) is 4.90 Å². The molecule has 0 bridgehead atoms. The molecule has 5 nitrogen and oxygen atoms in total. The van der Waals surface area contributed by atoms with Crippen molar-refractivity contribution in [2.45, 2.75) is 26.7 Å². The van der Waals surface area contributed by atoms with E-state index in [-0.39, 0.29) is 11.8 Å². The van der Waals surface area contributed by atoms with Crippen LogP contribution in [0.4, 0.5) is 5.69 Å². The van der Waals surface area contributed by atoms with Crippen molar-refractivity contribution in [2.75, 3.05) is 24.6 Å². The normalized spacial score (nSPS) is 19.6. The molecule has 1 unspecified atom stereocenters. The van der Waals surface area contributed by atoms with E-state index in [4.69, 9.17) is 16.3 Å². The van der Waals surface area contributed by atoms with Crippen molar-refractivity contribution in [1.82, 2.24) is 4.90 Å². The van der Waals surface area contributed by atoms with Crippen LogP contribution in [0.25, 0.3) is 5.57 Å². The molecule has 1 saturated heterocycles. The second kappa shape index (κ2) is 8.52. The van der Waals surface area contributed by atoms with E-state index in [1.165, 1.54) is 4.90 Å². The van der Waals surface area contributed by atoms with Crippen molar-refractivity contribution in [1.29, 1.82) is 0 Å². The molecule has 0 aliphatic carbocycles. The van der Waals surface area contributed by atoms with Gasteiger partial charge in [-0.15, -0.1) is 0 Å². The van der Waals surface area contributed by atoms with Gasteiger partial charge in [0.1, 0.15) is 11.4 Å². The summed E-state index contributed by atoms with van der Waals surface area (Å²) < 4.78 is 5.49. The fourth-order valence-electron chi connectivity index (χ4n) is 4.17. The number of rotatable bonds is 5. The highest BCUT2D eigenvalue weighted by atomic mass is 35.5. The average Bonchev–Trinajstić information content (AvgIpc) is 3.00. The number of halogens is 1. The lowest BCUT2D eigenvalue weighted by Crippen LogP contribution is -2.39. The van der Waals surface area contributed by atoms with Gasteiger partial charge in [0.15, 0.2) is 0 Å². The SMILES string of the molecule is CCOc1ccc(N2C(=O)C(c3ccc(Cl)cc3)=C(N3CCCC(C)C3)C2=O)cc1. The van der Waals surface area contributed by atoms with Gasteiger partial charge in [0.2, 0.25) is 0 Å². The zero-order valence-corrected chi connectivity index (χ0v) is 18.0. The highest BCUT2D eigenvalue weighted by Crippen LogP contribution is 2.37. The molecule has 2 amide bonds. The van der Waals surface area contributed by atoms with E-state index in [9.17, 15) is 9.59 Å². The molecule has 0 aromatic heterocycles. The number of likely N-dealkylation sites (tertiary alicyclic amines) is 1. The molecule has 0 N–H and O–H groups in total. The molecule has 2 aliphatic heterocycles. The van der Waals surface area contributed by atoms with E-state index in [1.807, 2.05) is 6.92 Å². The average molecular weight is 425 g/mol. The van der Waals surface area contributed by atoms with Crippen LogP contribution in [0.5, 0.6) is 5.75 Å². The lowest BCUT2D eigenvalue weighted by atomic mass is 9.98. The van der Waals surface area contributed by atoms with E-state index in [0.29, 0.717) is 45.8 Å². The van der Waals surface area contributed by atoms with Crippen molar-refractivity contribution in [2.24, 2.45) is 5.92 Å². The van der Waals surface area contributed by atoms with Gasteiger partial charge in [-0.1, -0.05) is 30.7 Å². The molecule has 30 heavy (non-hydrogen) atoms. The number of imide groups is 1. The number of amides is 2. The summed E-state index contributed by atoms with van der Waals surface area (Å²) in [5.41, 5.74) is 2.18. The number of carbonyl (C=O) groups excluding carboxylic acids is 2.